The van der Waals surface area contributed by atoms with Crippen LogP contribution in [0.3, 0.4) is 0 Å². The Kier molecular flexibility index (Phi) is 6.43. The molecular weight excluding hydrogens is 383 g/mol. The molecule has 0 saturated heterocycles. The zero-order chi connectivity index (χ0) is 21.7. The first-order chi connectivity index (χ1) is 14.3. The summed E-state index contributed by atoms with van der Waals surface area (Å²) in [5, 5.41) is 13.2. The Morgan fingerprint density at radius 2 is 2.13 bits per heavy atom. The van der Waals surface area contributed by atoms with E-state index < -0.39 is 0 Å². The number of halogens is 1. The van der Waals surface area contributed by atoms with Gasteiger partial charge in [0.1, 0.15) is 17.7 Å². The number of nitrogens with zero attached hydrogens (tertiary/aromatic N) is 4. The van der Waals surface area contributed by atoms with Crippen molar-refractivity contribution in [2.75, 3.05) is 24.5 Å². The quantitative estimate of drug-likeness (QED) is 0.626. The Bertz CT molecular complexity index is 1080. The fraction of sp³-hybridized carbons (Fsp3) is 0.364. The predicted octanol–water partition coefficient (Wildman–Crippen LogP) is 3.18. The topological polar surface area (TPSA) is 97.7 Å². The number of H-pyrrole nitrogens is 1. The van der Waals surface area contributed by atoms with E-state index in [1.165, 1.54) is 18.3 Å². The number of anilines is 1. The van der Waals surface area contributed by atoms with Gasteiger partial charge in [0.2, 0.25) is 11.7 Å². The lowest BCUT2D eigenvalue weighted by Gasteiger charge is -2.24. The van der Waals surface area contributed by atoms with Gasteiger partial charge in [-0.3, -0.25) is 9.69 Å². The number of carbonyl (C=O) groups is 1. The first kappa shape index (κ1) is 21.4. The average molecular weight is 408 g/mol. The maximum absolute atomic E-state index is 13.4. The van der Waals surface area contributed by atoms with E-state index in [-0.39, 0.29) is 29.5 Å². The van der Waals surface area contributed by atoms with Gasteiger partial charge in [0.05, 0.1) is 6.54 Å². The Labute approximate surface area is 174 Å². The minimum atomic E-state index is -0.303. The van der Waals surface area contributed by atoms with Crippen molar-refractivity contribution in [1.82, 2.24) is 20.3 Å². The minimum Gasteiger partial charge on any atom is -0.361 e. The summed E-state index contributed by atoms with van der Waals surface area (Å²) >= 11 is 0. The highest BCUT2D eigenvalue weighted by atomic mass is 19.1. The third-order valence-electron chi connectivity index (χ3n) is 4.58. The number of carbonyl (C=O) groups excluding carboxylic acids is 1. The van der Waals surface area contributed by atoms with E-state index in [0.29, 0.717) is 30.8 Å². The van der Waals surface area contributed by atoms with Gasteiger partial charge in [-0.2, -0.15) is 5.26 Å². The standard InChI is InChI=1S/C22H25FN6O/c1-22(2,3)14-25-13-21(30)29(20-6-8-26-19(11-24)28-20)9-7-15-12-27-18-10-16(23)4-5-17(15)18/h4-6,8,10,12,25,27H,7,9,13-14H2,1-3H3. The van der Waals surface area contributed by atoms with Gasteiger partial charge in [-0.25, -0.2) is 14.4 Å². The first-order valence-corrected chi connectivity index (χ1v) is 9.76. The second-order valence-corrected chi connectivity index (χ2v) is 8.31. The van der Waals surface area contributed by atoms with Crippen LogP contribution in [0.2, 0.25) is 0 Å². The lowest BCUT2D eigenvalue weighted by Crippen LogP contribution is -2.42. The smallest absolute Gasteiger partial charge is 0.242 e. The van der Waals surface area contributed by atoms with Crippen molar-refractivity contribution in [2.45, 2.75) is 27.2 Å². The molecule has 0 atom stereocenters. The number of rotatable bonds is 7. The molecule has 0 spiro atoms. The van der Waals surface area contributed by atoms with Gasteiger partial charge in [-0.1, -0.05) is 20.8 Å². The van der Waals surface area contributed by atoms with E-state index in [4.69, 9.17) is 5.26 Å². The summed E-state index contributed by atoms with van der Waals surface area (Å²) in [5.41, 5.74) is 1.73. The predicted molar refractivity (Wildman–Crippen MR) is 113 cm³/mol. The number of nitrogens with one attached hydrogen (secondary N) is 2. The highest BCUT2D eigenvalue weighted by Crippen LogP contribution is 2.21. The molecule has 30 heavy (non-hydrogen) atoms. The molecule has 0 saturated carbocycles. The molecule has 3 rings (SSSR count). The van der Waals surface area contributed by atoms with Crippen LogP contribution in [0.4, 0.5) is 10.2 Å². The highest BCUT2D eigenvalue weighted by molar-refractivity contribution is 5.94. The van der Waals surface area contributed by atoms with Crippen LogP contribution in [0.25, 0.3) is 10.9 Å². The van der Waals surface area contributed by atoms with E-state index in [0.717, 1.165) is 10.9 Å². The molecule has 3 aromatic rings. The summed E-state index contributed by atoms with van der Waals surface area (Å²) in [6.45, 7) is 7.47. The van der Waals surface area contributed by atoms with Gasteiger partial charge in [-0.15, -0.1) is 0 Å². The van der Waals surface area contributed by atoms with Gasteiger partial charge >= 0.3 is 0 Å². The maximum Gasteiger partial charge on any atom is 0.242 e. The molecule has 0 aliphatic heterocycles. The third-order valence-corrected chi connectivity index (χ3v) is 4.58. The molecule has 0 radical (unpaired) electrons. The van der Waals surface area contributed by atoms with Crippen LogP contribution >= 0.6 is 0 Å². The molecule has 1 aromatic carbocycles. The molecule has 0 unspecified atom stereocenters. The number of aromatic amines is 1. The second-order valence-electron chi connectivity index (χ2n) is 8.31. The summed E-state index contributed by atoms with van der Waals surface area (Å²) in [4.78, 5) is 25.7. The summed E-state index contributed by atoms with van der Waals surface area (Å²) in [5.74, 6) is -0.0547. The summed E-state index contributed by atoms with van der Waals surface area (Å²) < 4.78 is 13.4. The fourth-order valence-corrected chi connectivity index (χ4v) is 3.16. The number of fused-ring (bicyclic) bond motifs is 1. The van der Waals surface area contributed by atoms with Gasteiger partial charge in [0, 0.05) is 36.4 Å². The van der Waals surface area contributed by atoms with Crippen LogP contribution in [0.15, 0.2) is 36.7 Å². The van der Waals surface area contributed by atoms with Crippen molar-refractivity contribution in [1.29, 1.82) is 5.26 Å². The van der Waals surface area contributed by atoms with E-state index in [2.05, 4.69) is 41.0 Å². The van der Waals surface area contributed by atoms with Crippen LogP contribution < -0.4 is 10.2 Å². The monoisotopic (exact) mass is 408 g/mol. The van der Waals surface area contributed by atoms with Gasteiger partial charge < -0.3 is 10.3 Å². The van der Waals surface area contributed by atoms with E-state index in [1.807, 2.05) is 12.3 Å². The molecule has 1 amide bonds. The van der Waals surface area contributed by atoms with Crippen molar-refractivity contribution in [3.63, 3.8) is 0 Å². The largest absolute Gasteiger partial charge is 0.361 e. The van der Waals surface area contributed by atoms with Gasteiger partial charge in [-0.05, 0) is 41.7 Å². The molecule has 2 heterocycles. The second kappa shape index (κ2) is 9.01. The number of amides is 1. The molecule has 0 aliphatic rings. The normalized spacial score (nSPS) is 11.4. The highest BCUT2D eigenvalue weighted by Gasteiger charge is 2.19. The molecule has 0 aliphatic carbocycles. The molecule has 0 fully saturated rings. The number of aromatic nitrogens is 3. The van der Waals surface area contributed by atoms with Crippen molar-refractivity contribution >= 4 is 22.6 Å². The number of hydrogen-bond donors (Lipinski definition) is 2. The number of benzene rings is 1. The van der Waals surface area contributed by atoms with Gasteiger partial charge in [0.25, 0.3) is 0 Å². The molecule has 2 aromatic heterocycles. The van der Waals surface area contributed by atoms with Crippen molar-refractivity contribution in [3.8, 4) is 6.07 Å². The molecular formula is C22H25FN6O. The molecule has 8 heteroatoms. The van der Waals surface area contributed by atoms with Crippen molar-refractivity contribution < 1.29 is 9.18 Å². The number of nitriles is 1. The van der Waals surface area contributed by atoms with Gasteiger partial charge in [0.15, 0.2) is 0 Å². The molecule has 7 nitrogen and oxygen atoms in total. The van der Waals surface area contributed by atoms with Crippen molar-refractivity contribution in [2.24, 2.45) is 5.41 Å². The Morgan fingerprint density at radius 1 is 1.33 bits per heavy atom. The molecule has 156 valence electrons. The SMILES string of the molecule is CC(C)(C)CNCC(=O)N(CCc1c[nH]c2cc(F)ccc12)c1ccnc(C#N)n1. The van der Waals surface area contributed by atoms with E-state index >= 15 is 0 Å². The summed E-state index contributed by atoms with van der Waals surface area (Å²) in [6, 6.07) is 8.12. The lowest BCUT2D eigenvalue weighted by atomic mass is 9.97. The van der Waals surface area contributed by atoms with Crippen LogP contribution in [-0.2, 0) is 11.2 Å². The van der Waals surface area contributed by atoms with Crippen LogP contribution in [0.1, 0.15) is 32.2 Å². The average Bonchev–Trinajstić information content (AvgIpc) is 3.09. The Morgan fingerprint density at radius 3 is 2.87 bits per heavy atom. The Balaban J connectivity index is 1.79. The van der Waals surface area contributed by atoms with Crippen LogP contribution in [0.5, 0.6) is 0 Å². The van der Waals surface area contributed by atoms with E-state index in [9.17, 15) is 9.18 Å². The van der Waals surface area contributed by atoms with E-state index in [1.54, 1.807) is 17.0 Å². The Hall–Kier alpha value is -3.31. The van der Waals surface area contributed by atoms with Crippen LogP contribution in [-0.4, -0.2) is 40.5 Å². The zero-order valence-corrected chi connectivity index (χ0v) is 17.4. The molecule has 0 bridgehead atoms. The van der Waals surface area contributed by atoms with Crippen molar-refractivity contribution in [3.05, 3.63) is 53.9 Å². The fourth-order valence-electron chi connectivity index (χ4n) is 3.16. The van der Waals surface area contributed by atoms with Crippen LogP contribution in [0, 0.1) is 22.6 Å². The number of hydrogen-bond acceptors (Lipinski definition) is 5. The summed E-state index contributed by atoms with van der Waals surface area (Å²) in [6.07, 6.45) is 3.84. The molecule has 2 N–H and O–H groups in total. The third kappa shape index (κ3) is 5.39. The lowest BCUT2D eigenvalue weighted by molar-refractivity contribution is -0.117. The maximum atomic E-state index is 13.4. The summed E-state index contributed by atoms with van der Waals surface area (Å²) in [7, 11) is 0. The minimum absolute atomic E-state index is 0.00974. The first-order valence-electron chi connectivity index (χ1n) is 9.76. The zero-order valence-electron chi connectivity index (χ0n) is 17.4.